The molecule has 0 amide bonds. The van der Waals surface area contributed by atoms with Crippen LogP contribution >= 0.6 is 12.2 Å². The number of aromatic nitrogens is 1. The van der Waals surface area contributed by atoms with E-state index in [1.807, 2.05) is 60.4 Å². The Balaban J connectivity index is 1.62. The van der Waals surface area contributed by atoms with Gasteiger partial charge in [0, 0.05) is 17.4 Å². The third-order valence-electron chi connectivity index (χ3n) is 5.72. The van der Waals surface area contributed by atoms with E-state index in [9.17, 15) is 9.90 Å². The number of anilines is 1. The lowest BCUT2D eigenvalue weighted by Gasteiger charge is -2.26. The van der Waals surface area contributed by atoms with Gasteiger partial charge in [-0.15, -0.1) is 0 Å². The van der Waals surface area contributed by atoms with E-state index in [1.165, 1.54) is 0 Å². The van der Waals surface area contributed by atoms with Gasteiger partial charge in [0.15, 0.2) is 5.11 Å². The third-order valence-corrected chi connectivity index (χ3v) is 6.03. The van der Waals surface area contributed by atoms with Gasteiger partial charge in [0.2, 0.25) is 0 Å². The number of rotatable bonds is 5. The molecule has 6 nitrogen and oxygen atoms in total. The number of carboxylic acids is 1. The number of nitrogens with one attached hydrogen (secondary N) is 1. The van der Waals surface area contributed by atoms with E-state index in [1.54, 1.807) is 30.5 Å². The second-order valence-corrected chi connectivity index (χ2v) is 8.28. The standard InChI is InChI=1S/C26H21N3O3S/c1-16-7-6-8-17(15-16)29-24(23(28-26(29)33)20-11-4-5-14-27-20)22-13-12-21(32-22)18-9-2-3-10-19(18)25(30)31/h2-15,23-24H,1H3,(H,28,33)(H,30,31). The molecule has 0 aliphatic carbocycles. The molecule has 0 radical (unpaired) electrons. The molecular formula is C26H21N3O3S. The second-order valence-electron chi connectivity index (χ2n) is 7.89. The van der Waals surface area contributed by atoms with Crippen LogP contribution in [0.1, 0.15) is 39.5 Å². The fourth-order valence-corrected chi connectivity index (χ4v) is 4.59. The van der Waals surface area contributed by atoms with Crippen LogP contribution in [0, 0.1) is 6.92 Å². The predicted molar refractivity (Wildman–Crippen MR) is 130 cm³/mol. The zero-order valence-electron chi connectivity index (χ0n) is 17.8. The van der Waals surface area contributed by atoms with E-state index in [2.05, 4.69) is 16.4 Å². The first-order valence-corrected chi connectivity index (χ1v) is 10.9. The number of aryl methyl sites for hydroxylation is 1. The molecule has 2 aromatic carbocycles. The van der Waals surface area contributed by atoms with Crippen molar-refractivity contribution in [3.05, 3.63) is 108 Å². The Kier molecular flexibility index (Phi) is 5.40. The van der Waals surface area contributed by atoms with Gasteiger partial charge in [-0.1, -0.05) is 36.4 Å². The first-order chi connectivity index (χ1) is 16.0. The molecule has 2 atom stereocenters. The monoisotopic (exact) mass is 455 g/mol. The molecule has 1 saturated heterocycles. The van der Waals surface area contributed by atoms with Crippen molar-refractivity contribution in [1.82, 2.24) is 10.3 Å². The number of hydrogen-bond acceptors (Lipinski definition) is 4. The fraction of sp³-hybridized carbons (Fsp3) is 0.115. The van der Waals surface area contributed by atoms with Gasteiger partial charge in [-0.25, -0.2) is 4.79 Å². The van der Waals surface area contributed by atoms with Gasteiger partial charge < -0.3 is 19.7 Å². The highest BCUT2D eigenvalue weighted by Crippen LogP contribution is 2.43. The van der Waals surface area contributed by atoms with Crippen molar-refractivity contribution in [3.8, 4) is 11.3 Å². The molecule has 3 heterocycles. The van der Waals surface area contributed by atoms with Gasteiger partial charge in [0.1, 0.15) is 17.6 Å². The smallest absolute Gasteiger partial charge is 0.336 e. The van der Waals surface area contributed by atoms with Crippen molar-refractivity contribution >= 4 is 29.0 Å². The van der Waals surface area contributed by atoms with Crippen molar-refractivity contribution in [1.29, 1.82) is 0 Å². The third kappa shape index (κ3) is 3.87. The summed E-state index contributed by atoms with van der Waals surface area (Å²) >= 11 is 5.74. The molecule has 1 aliphatic heterocycles. The largest absolute Gasteiger partial charge is 0.478 e. The van der Waals surface area contributed by atoms with Crippen LogP contribution in [0.5, 0.6) is 0 Å². The highest BCUT2D eigenvalue weighted by molar-refractivity contribution is 7.80. The van der Waals surface area contributed by atoms with E-state index < -0.39 is 5.97 Å². The molecule has 2 N–H and O–H groups in total. The van der Waals surface area contributed by atoms with Crippen molar-refractivity contribution in [2.75, 3.05) is 4.90 Å². The molecule has 164 valence electrons. The zero-order valence-corrected chi connectivity index (χ0v) is 18.6. The van der Waals surface area contributed by atoms with E-state index in [4.69, 9.17) is 16.6 Å². The molecule has 0 spiro atoms. The number of carboxylic acid groups (broad SMARTS) is 1. The molecule has 7 heteroatoms. The Bertz CT molecular complexity index is 1340. The Hall–Kier alpha value is -3.97. The molecule has 5 rings (SSSR count). The van der Waals surface area contributed by atoms with Crippen LogP contribution in [-0.2, 0) is 0 Å². The summed E-state index contributed by atoms with van der Waals surface area (Å²) in [5.41, 5.74) is 3.62. The number of hydrogen-bond donors (Lipinski definition) is 2. The van der Waals surface area contributed by atoms with Crippen LogP contribution in [0.15, 0.2) is 89.5 Å². The fourth-order valence-electron chi connectivity index (χ4n) is 4.24. The van der Waals surface area contributed by atoms with Gasteiger partial charge in [-0.05, 0) is 67.2 Å². The molecule has 4 aromatic rings. The van der Waals surface area contributed by atoms with Crippen LogP contribution in [0.3, 0.4) is 0 Å². The Morgan fingerprint density at radius 2 is 1.88 bits per heavy atom. The number of pyridine rings is 1. The van der Waals surface area contributed by atoms with Crippen molar-refractivity contribution in [3.63, 3.8) is 0 Å². The molecule has 0 saturated carbocycles. The highest BCUT2D eigenvalue weighted by Gasteiger charge is 2.42. The van der Waals surface area contributed by atoms with Crippen molar-refractivity contribution in [2.45, 2.75) is 19.0 Å². The minimum Gasteiger partial charge on any atom is -0.478 e. The average molecular weight is 456 g/mol. The van der Waals surface area contributed by atoms with Crippen molar-refractivity contribution in [2.24, 2.45) is 0 Å². The molecule has 2 aromatic heterocycles. The lowest BCUT2D eigenvalue weighted by atomic mass is 10.0. The van der Waals surface area contributed by atoms with Gasteiger partial charge in [-0.3, -0.25) is 4.98 Å². The quantitative estimate of drug-likeness (QED) is 0.383. The first-order valence-electron chi connectivity index (χ1n) is 10.5. The van der Waals surface area contributed by atoms with E-state index in [0.29, 0.717) is 22.2 Å². The molecule has 1 fully saturated rings. The number of thiocarbonyl (C=S) groups is 1. The maximum Gasteiger partial charge on any atom is 0.336 e. The number of carbonyl (C=O) groups is 1. The summed E-state index contributed by atoms with van der Waals surface area (Å²) in [6.07, 6.45) is 1.75. The van der Waals surface area contributed by atoms with Crippen LogP contribution < -0.4 is 10.2 Å². The Labute approximate surface area is 196 Å². The van der Waals surface area contributed by atoms with E-state index >= 15 is 0 Å². The average Bonchev–Trinajstić information content (AvgIpc) is 3.44. The SMILES string of the molecule is Cc1cccc(N2C(=S)NC(c3ccccn3)C2c2ccc(-c3ccccc3C(=O)O)o2)c1. The maximum atomic E-state index is 11.7. The van der Waals surface area contributed by atoms with Gasteiger partial charge >= 0.3 is 5.97 Å². The molecular weight excluding hydrogens is 434 g/mol. The van der Waals surface area contributed by atoms with Crippen molar-refractivity contribution < 1.29 is 14.3 Å². The summed E-state index contributed by atoms with van der Waals surface area (Å²) in [6, 6.07) is 23.8. The van der Waals surface area contributed by atoms with E-state index in [-0.39, 0.29) is 17.6 Å². The van der Waals surface area contributed by atoms with E-state index in [0.717, 1.165) is 16.9 Å². The topological polar surface area (TPSA) is 78.6 Å². The molecule has 2 unspecified atom stereocenters. The van der Waals surface area contributed by atoms with Crippen LogP contribution in [-0.4, -0.2) is 21.2 Å². The zero-order chi connectivity index (χ0) is 22.9. The Morgan fingerprint density at radius 1 is 1.06 bits per heavy atom. The number of nitrogens with zero attached hydrogens (tertiary/aromatic N) is 2. The minimum absolute atomic E-state index is 0.190. The minimum atomic E-state index is -1.000. The van der Waals surface area contributed by atoms with Gasteiger partial charge in [0.05, 0.1) is 17.3 Å². The molecule has 0 bridgehead atoms. The lowest BCUT2D eigenvalue weighted by Crippen LogP contribution is -2.29. The number of furan rings is 1. The van der Waals surface area contributed by atoms with Crippen LogP contribution in [0.2, 0.25) is 0 Å². The van der Waals surface area contributed by atoms with Crippen LogP contribution in [0.25, 0.3) is 11.3 Å². The summed E-state index contributed by atoms with van der Waals surface area (Å²) in [5.74, 6) is 0.152. The summed E-state index contributed by atoms with van der Waals surface area (Å²) in [6.45, 7) is 2.04. The summed E-state index contributed by atoms with van der Waals surface area (Å²) in [5, 5.41) is 13.6. The summed E-state index contributed by atoms with van der Waals surface area (Å²) < 4.78 is 6.29. The predicted octanol–water partition coefficient (Wildman–Crippen LogP) is 5.53. The molecule has 1 aliphatic rings. The maximum absolute atomic E-state index is 11.7. The van der Waals surface area contributed by atoms with Crippen LogP contribution in [0.4, 0.5) is 5.69 Å². The van der Waals surface area contributed by atoms with Gasteiger partial charge in [-0.2, -0.15) is 0 Å². The number of aromatic carboxylic acids is 1. The second kappa shape index (κ2) is 8.52. The summed E-state index contributed by atoms with van der Waals surface area (Å²) in [7, 11) is 0. The Morgan fingerprint density at radius 3 is 2.64 bits per heavy atom. The number of benzene rings is 2. The summed E-state index contributed by atoms with van der Waals surface area (Å²) in [4.78, 5) is 18.3. The lowest BCUT2D eigenvalue weighted by molar-refractivity contribution is 0.0697. The van der Waals surface area contributed by atoms with Gasteiger partial charge in [0.25, 0.3) is 0 Å². The normalized spacial score (nSPS) is 17.7. The first kappa shape index (κ1) is 20.9. The molecule has 33 heavy (non-hydrogen) atoms. The highest BCUT2D eigenvalue weighted by atomic mass is 32.1.